The van der Waals surface area contributed by atoms with Crippen LogP contribution >= 0.6 is 11.6 Å². The quantitative estimate of drug-likeness (QED) is 0.478. The fraction of sp³-hybridized carbons (Fsp3) is 0.333. The molecular weight excluding hydrogens is 469 g/mol. The van der Waals surface area contributed by atoms with E-state index in [0.717, 1.165) is 30.5 Å². The molecule has 0 saturated heterocycles. The predicted molar refractivity (Wildman–Crippen MR) is 123 cm³/mol. The van der Waals surface area contributed by atoms with Gasteiger partial charge in [-0.1, -0.05) is 29.8 Å². The van der Waals surface area contributed by atoms with E-state index in [2.05, 4.69) is 20.3 Å². The lowest BCUT2D eigenvalue weighted by Crippen LogP contribution is -2.46. The molecule has 2 aromatic carbocycles. The minimum Gasteiger partial charge on any atom is -0.467 e. The summed E-state index contributed by atoms with van der Waals surface area (Å²) in [6.07, 6.45) is -4.67. The second kappa shape index (κ2) is 9.58. The zero-order valence-electron chi connectivity index (χ0n) is 19.3. The Morgan fingerprint density at radius 1 is 1.00 bits per heavy atom. The van der Waals surface area contributed by atoms with E-state index in [1.165, 1.54) is 7.11 Å². The number of nitrogens with zero attached hydrogens (tertiary/aromatic N) is 3. The van der Waals surface area contributed by atoms with Crippen LogP contribution in [0.3, 0.4) is 0 Å². The maximum absolute atomic E-state index is 13.1. The first kappa shape index (κ1) is 25.4. The highest BCUT2D eigenvalue weighted by Crippen LogP contribution is 2.37. The number of nitrogens with one attached hydrogen (secondary N) is 1. The minimum absolute atomic E-state index is 0.0833. The minimum atomic E-state index is -4.67. The molecule has 6 nitrogen and oxygen atoms in total. The zero-order chi connectivity index (χ0) is 25.3. The fourth-order valence-electron chi connectivity index (χ4n) is 2.96. The molecule has 1 amide bonds. The summed E-state index contributed by atoms with van der Waals surface area (Å²) in [6, 6.07) is 10.7. The summed E-state index contributed by atoms with van der Waals surface area (Å²) < 4.78 is 44.6. The van der Waals surface area contributed by atoms with Crippen LogP contribution in [-0.2, 0) is 11.3 Å². The first-order valence-electron chi connectivity index (χ1n) is 10.3. The predicted octanol–water partition coefficient (Wildman–Crippen LogP) is 5.69. The number of hydrogen-bond donors (Lipinski definition) is 1. The van der Waals surface area contributed by atoms with Gasteiger partial charge >= 0.3 is 12.2 Å². The molecule has 0 atom stereocenters. The van der Waals surface area contributed by atoms with Crippen LogP contribution in [0, 0.1) is 19.3 Å². The second-order valence-electron chi connectivity index (χ2n) is 8.39. The molecule has 0 radical (unpaired) electrons. The molecule has 0 saturated carbocycles. The average Bonchev–Trinajstić information content (AvgIpc) is 2.78. The molecule has 0 unspecified atom stereocenters. The average molecular weight is 493 g/mol. The summed E-state index contributed by atoms with van der Waals surface area (Å²) in [5.74, 6) is -0.518. The lowest BCUT2D eigenvalue weighted by molar-refractivity contribution is -0.211. The van der Waals surface area contributed by atoms with Gasteiger partial charge in [-0.05, 0) is 62.6 Å². The van der Waals surface area contributed by atoms with Crippen molar-refractivity contribution in [3.63, 3.8) is 0 Å². The van der Waals surface area contributed by atoms with Crippen LogP contribution in [0.1, 0.15) is 30.5 Å². The van der Waals surface area contributed by atoms with Crippen molar-refractivity contribution in [2.75, 3.05) is 7.11 Å². The highest BCUT2D eigenvalue weighted by molar-refractivity contribution is 6.33. The van der Waals surface area contributed by atoms with Crippen molar-refractivity contribution in [1.29, 1.82) is 0 Å². The molecule has 3 rings (SSSR count). The van der Waals surface area contributed by atoms with Crippen molar-refractivity contribution in [2.45, 2.75) is 40.4 Å². The number of amides is 1. The van der Waals surface area contributed by atoms with Crippen LogP contribution in [0.5, 0.6) is 6.01 Å². The lowest BCUT2D eigenvalue weighted by atomic mass is 9.91. The molecule has 1 aromatic heterocycles. The number of methoxy groups -OCH3 is 1. The van der Waals surface area contributed by atoms with Crippen molar-refractivity contribution in [3.05, 3.63) is 58.1 Å². The molecule has 0 fully saturated rings. The molecule has 34 heavy (non-hydrogen) atoms. The van der Waals surface area contributed by atoms with E-state index in [1.54, 1.807) is 18.2 Å². The first-order chi connectivity index (χ1) is 15.8. The standard InChI is InChI=1S/C24H24ClF3N4O2/c1-13-6-8-16(10-14(13)2)19-30-20(32-22(31-19)34-5)17-11-15(7-9-18(17)25)12-29-21(33)23(3,4)24(26,27)28/h6-11H,12H2,1-5H3,(H,29,33). The Morgan fingerprint density at radius 2 is 1.68 bits per heavy atom. The van der Waals surface area contributed by atoms with E-state index in [9.17, 15) is 18.0 Å². The smallest absolute Gasteiger partial charge is 0.402 e. The third-order valence-corrected chi connectivity index (χ3v) is 5.89. The molecule has 0 aliphatic carbocycles. The highest BCUT2D eigenvalue weighted by atomic mass is 35.5. The summed E-state index contributed by atoms with van der Waals surface area (Å²) in [5.41, 5.74) is 1.38. The molecule has 0 spiro atoms. The number of carbonyl (C=O) groups is 1. The molecule has 1 heterocycles. The number of hydrogen-bond acceptors (Lipinski definition) is 5. The van der Waals surface area contributed by atoms with Gasteiger partial charge in [0.15, 0.2) is 11.6 Å². The van der Waals surface area contributed by atoms with Crippen LogP contribution in [0.25, 0.3) is 22.8 Å². The van der Waals surface area contributed by atoms with Gasteiger partial charge in [0.25, 0.3) is 0 Å². The van der Waals surface area contributed by atoms with E-state index in [-0.39, 0.29) is 18.4 Å². The van der Waals surface area contributed by atoms with Crippen molar-refractivity contribution >= 4 is 17.5 Å². The van der Waals surface area contributed by atoms with Crippen LogP contribution in [-0.4, -0.2) is 34.1 Å². The van der Waals surface area contributed by atoms with E-state index >= 15 is 0 Å². The van der Waals surface area contributed by atoms with Gasteiger partial charge in [0.1, 0.15) is 5.41 Å². The fourth-order valence-corrected chi connectivity index (χ4v) is 3.17. The number of aryl methyl sites for hydroxylation is 2. The summed E-state index contributed by atoms with van der Waals surface area (Å²) in [7, 11) is 1.43. The molecule has 180 valence electrons. The summed E-state index contributed by atoms with van der Waals surface area (Å²) in [5, 5.41) is 2.66. The lowest BCUT2D eigenvalue weighted by Gasteiger charge is -2.26. The molecule has 0 aliphatic heterocycles. The number of ether oxygens (including phenoxy) is 1. The molecule has 3 aromatic rings. The largest absolute Gasteiger partial charge is 0.467 e. The number of aromatic nitrogens is 3. The van der Waals surface area contributed by atoms with Gasteiger partial charge in [0.2, 0.25) is 5.91 Å². The maximum Gasteiger partial charge on any atom is 0.402 e. The second-order valence-corrected chi connectivity index (χ2v) is 8.80. The topological polar surface area (TPSA) is 77.0 Å². The zero-order valence-corrected chi connectivity index (χ0v) is 20.1. The van der Waals surface area contributed by atoms with Crippen molar-refractivity contribution in [3.8, 4) is 28.8 Å². The summed E-state index contributed by atoms with van der Waals surface area (Å²) in [6.45, 7) is 5.52. The van der Waals surface area contributed by atoms with Gasteiger partial charge in [-0.15, -0.1) is 0 Å². The summed E-state index contributed by atoms with van der Waals surface area (Å²) in [4.78, 5) is 25.3. The van der Waals surface area contributed by atoms with E-state index in [4.69, 9.17) is 16.3 Å². The molecule has 0 bridgehead atoms. The number of carbonyl (C=O) groups excluding carboxylic acids is 1. The first-order valence-corrected chi connectivity index (χ1v) is 10.7. The van der Waals surface area contributed by atoms with Crippen molar-refractivity contribution in [1.82, 2.24) is 20.3 Å². The highest BCUT2D eigenvalue weighted by Gasteiger charge is 2.52. The van der Waals surface area contributed by atoms with Gasteiger partial charge in [-0.25, -0.2) is 4.98 Å². The Balaban J connectivity index is 1.95. The van der Waals surface area contributed by atoms with Crippen LogP contribution in [0.15, 0.2) is 36.4 Å². The summed E-state index contributed by atoms with van der Waals surface area (Å²) >= 11 is 6.39. The third-order valence-electron chi connectivity index (χ3n) is 5.56. The maximum atomic E-state index is 13.1. The molecule has 10 heteroatoms. The monoisotopic (exact) mass is 492 g/mol. The van der Waals surface area contributed by atoms with E-state index in [1.807, 2.05) is 32.0 Å². The Kier molecular flexibility index (Phi) is 7.16. The van der Waals surface area contributed by atoms with E-state index < -0.39 is 17.5 Å². The Hall–Kier alpha value is -3.20. The molecular formula is C24H24ClF3N4O2. The Morgan fingerprint density at radius 3 is 2.29 bits per heavy atom. The Labute approximate surface area is 200 Å². The van der Waals surface area contributed by atoms with Gasteiger partial charge in [-0.3, -0.25) is 4.79 Å². The SMILES string of the molecule is COc1nc(-c2ccc(C)c(C)c2)nc(-c2cc(CNC(=O)C(C)(C)C(F)(F)F)ccc2Cl)n1. The van der Waals surface area contributed by atoms with Gasteiger partial charge in [-0.2, -0.15) is 23.1 Å². The third kappa shape index (κ3) is 5.30. The number of halogens is 4. The number of alkyl halides is 3. The molecule has 1 N–H and O–H groups in total. The Bertz CT molecular complexity index is 1230. The normalized spacial score (nSPS) is 11.9. The van der Waals surface area contributed by atoms with Gasteiger partial charge in [0, 0.05) is 17.7 Å². The van der Waals surface area contributed by atoms with Gasteiger partial charge in [0.05, 0.1) is 12.1 Å². The number of rotatable bonds is 6. The number of benzene rings is 2. The van der Waals surface area contributed by atoms with Gasteiger partial charge < -0.3 is 10.1 Å². The van der Waals surface area contributed by atoms with Crippen LogP contribution in [0.2, 0.25) is 5.02 Å². The van der Waals surface area contributed by atoms with Crippen molar-refractivity contribution < 1.29 is 22.7 Å². The molecule has 0 aliphatic rings. The van der Waals surface area contributed by atoms with Crippen LogP contribution in [0.4, 0.5) is 13.2 Å². The van der Waals surface area contributed by atoms with Crippen LogP contribution < -0.4 is 10.1 Å². The van der Waals surface area contributed by atoms with Crippen molar-refractivity contribution in [2.24, 2.45) is 5.41 Å². The van der Waals surface area contributed by atoms with E-state index in [0.29, 0.717) is 22.0 Å².